The van der Waals surface area contributed by atoms with Gasteiger partial charge in [0.15, 0.2) is 16.4 Å². The monoisotopic (exact) mass is 361 g/mol. The molecule has 0 spiro atoms. The van der Waals surface area contributed by atoms with Crippen molar-refractivity contribution in [3.8, 4) is 5.75 Å². The summed E-state index contributed by atoms with van der Waals surface area (Å²) in [5, 5.41) is 2.85. The van der Waals surface area contributed by atoms with Gasteiger partial charge in [-0.15, -0.1) is 0 Å². The minimum absolute atomic E-state index is 0.0734. The van der Waals surface area contributed by atoms with Gasteiger partial charge in [0, 0.05) is 6.26 Å². The fourth-order valence-electron chi connectivity index (χ4n) is 2.38. The van der Waals surface area contributed by atoms with Crippen molar-refractivity contribution in [2.45, 2.75) is 31.7 Å². The Labute approximate surface area is 148 Å². The van der Waals surface area contributed by atoms with Crippen LogP contribution < -0.4 is 10.1 Å². The van der Waals surface area contributed by atoms with E-state index in [9.17, 15) is 13.2 Å². The molecule has 0 radical (unpaired) electrons. The number of aryl methyl sites for hydroxylation is 2. The molecule has 1 amide bonds. The molecule has 1 N–H and O–H groups in total. The maximum absolute atomic E-state index is 12.1. The van der Waals surface area contributed by atoms with Crippen molar-refractivity contribution >= 4 is 15.7 Å². The Morgan fingerprint density at radius 3 is 2.36 bits per heavy atom. The van der Waals surface area contributed by atoms with Crippen LogP contribution in [-0.4, -0.2) is 27.2 Å². The standard InChI is InChI=1S/C19H23NO4S/c1-13-5-6-14(2)18(11-13)24-12-19(21)20-15(3)16-7-9-17(10-8-16)25(4,22)23/h5-11,15H,12H2,1-4H3,(H,20,21). The van der Waals surface area contributed by atoms with Gasteiger partial charge in [0.1, 0.15) is 5.75 Å². The Balaban J connectivity index is 1.94. The summed E-state index contributed by atoms with van der Waals surface area (Å²) in [4.78, 5) is 12.3. The average molecular weight is 361 g/mol. The lowest BCUT2D eigenvalue weighted by molar-refractivity contribution is -0.123. The van der Waals surface area contributed by atoms with E-state index in [1.807, 2.05) is 39.0 Å². The van der Waals surface area contributed by atoms with Crippen molar-refractivity contribution < 1.29 is 17.9 Å². The zero-order valence-corrected chi connectivity index (χ0v) is 15.7. The van der Waals surface area contributed by atoms with Crippen LogP contribution in [0.4, 0.5) is 0 Å². The Bertz CT molecular complexity index is 857. The molecule has 2 rings (SSSR count). The van der Waals surface area contributed by atoms with Gasteiger partial charge in [-0.1, -0.05) is 24.3 Å². The van der Waals surface area contributed by atoms with Gasteiger partial charge in [0.2, 0.25) is 0 Å². The van der Waals surface area contributed by atoms with Crippen molar-refractivity contribution in [3.63, 3.8) is 0 Å². The van der Waals surface area contributed by atoms with E-state index in [1.54, 1.807) is 24.3 Å². The Hall–Kier alpha value is -2.34. The predicted octanol–water partition coefficient (Wildman–Crippen LogP) is 2.96. The molecule has 0 aliphatic heterocycles. The van der Waals surface area contributed by atoms with Gasteiger partial charge in [-0.2, -0.15) is 0 Å². The number of rotatable bonds is 6. The van der Waals surface area contributed by atoms with Crippen LogP contribution in [0, 0.1) is 13.8 Å². The summed E-state index contributed by atoms with van der Waals surface area (Å²) >= 11 is 0. The number of carbonyl (C=O) groups excluding carboxylic acids is 1. The lowest BCUT2D eigenvalue weighted by atomic mass is 10.1. The van der Waals surface area contributed by atoms with Gasteiger partial charge >= 0.3 is 0 Å². The highest BCUT2D eigenvalue weighted by molar-refractivity contribution is 7.90. The molecule has 0 aliphatic carbocycles. The van der Waals surface area contributed by atoms with Gasteiger partial charge in [0.05, 0.1) is 10.9 Å². The molecular weight excluding hydrogens is 338 g/mol. The molecule has 0 fully saturated rings. The second-order valence-electron chi connectivity index (χ2n) is 6.19. The molecular formula is C19H23NO4S. The van der Waals surface area contributed by atoms with E-state index in [-0.39, 0.29) is 23.5 Å². The van der Waals surface area contributed by atoms with Gasteiger partial charge < -0.3 is 10.1 Å². The normalized spacial score (nSPS) is 12.5. The van der Waals surface area contributed by atoms with Crippen LogP contribution in [0.3, 0.4) is 0 Å². The van der Waals surface area contributed by atoms with Crippen LogP contribution in [0.25, 0.3) is 0 Å². The van der Waals surface area contributed by atoms with E-state index >= 15 is 0 Å². The fraction of sp³-hybridized carbons (Fsp3) is 0.316. The number of hydrogen-bond acceptors (Lipinski definition) is 4. The average Bonchev–Trinajstić information content (AvgIpc) is 2.55. The van der Waals surface area contributed by atoms with Crippen molar-refractivity contribution in [1.29, 1.82) is 0 Å². The highest BCUT2D eigenvalue weighted by Crippen LogP contribution is 2.19. The second kappa shape index (κ2) is 7.70. The zero-order chi connectivity index (χ0) is 18.6. The summed E-state index contributed by atoms with van der Waals surface area (Å²) < 4.78 is 28.5. The lowest BCUT2D eigenvalue weighted by Crippen LogP contribution is -2.31. The maximum Gasteiger partial charge on any atom is 0.258 e. The van der Waals surface area contributed by atoms with E-state index in [0.29, 0.717) is 5.75 Å². The van der Waals surface area contributed by atoms with Gasteiger partial charge in [0.25, 0.3) is 5.91 Å². The molecule has 0 heterocycles. The van der Waals surface area contributed by atoms with E-state index < -0.39 is 9.84 Å². The third kappa shape index (κ3) is 5.32. The Kier molecular flexibility index (Phi) is 5.85. The van der Waals surface area contributed by atoms with E-state index in [4.69, 9.17) is 4.74 Å². The van der Waals surface area contributed by atoms with E-state index in [2.05, 4.69) is 5.32 Å². The number of carbonyl (C=O) groups is 1. The summed E-state index contributed by atoms with van der Waals surface area (Å²) in [6, 6.07) is 12.1. The summed E-state index contributed by atoms with van der Waals surface area (Å²) in [5.41, 5.74) is 2.87. The van der Waals surface area contributed by atoms with Crippen molar-refractivity contribution in [1.82, 2.24) is 5.32 Å². The number of ether oxygens (including phenoxy) is 1. The number of amides is 1. The molecule has 0 aromatic heterocycles. The van der Waals surface area contributed by atoms with Crippen LogP contribution in [0.5, 0.6) is 5.75 Å². The molecule has 5 nitrogen and oxygen atoms in total. The smallest absolute Gasteiger partial charge is 0.258 e. The Morgan fingerprint density at radius 1 is 1.12 bits per heavy atom. The fourth-order valence-corrected chi connectivity index (χ4v) is 3.01. The highest BCUT2D eigenvalue weighted by Gasteiger charge is 2.12. The third-order valence-electron chi connectivity index (χ3n) is 3.89. The zero-order valence-electron chi connectivity index (χ0n) is 14.9. The van der Waals surface area contributed by atoms with Crippen LogP contribution in [0.2, 0.25) is 0 Å². The second-order valence-corrected chi connectivity index (χ2v) is 8.20. The van der Waals surface area contributed by atoms with Crippen molar-refractivity contribution in [2.75, 3.05) is 12.9 Å². The van der Waals surface area contributed by atoms with Crippen LogP contribution >= 0.6 is 0 Å². The number of nitrogens with one attached hydrogen (secondary N) is 1. The number of sulfone groups is 1. The molecule has 2 aromatic carbocycles. The predicted molar refractivity (Wildman–Crippen MR) is 97.5 cm³/mol. The molecule has 6 heteroatoms. The molecule has 0 aliphatic rings. The molecule has 0 saturated carbocycles. The number of hydrogen-bond donors (Lipinski definition) is 1. The van der Waals surface area contributed by atoms with Crippen LogP contribution in [0.15, 0.2) is 47.4 Å². The minimum atomic E-state index is -3.22. The van der Waals surface area contributed by atoms with Gasteiger partial charge in [-0.3, -0.25) is 4.79 Å². The van der Waals surface area contributed by atoms with E-state index in [0.717, 1.165) is 22.9 Å². The largest absolute Gasteiger partial charge is 0.483 e. The first-order valence-electron chi connectivity index (χ1n) is 7.96. The molecule has 1 atom stereocenters. The van der Waals surface area contributed by atoms with Crippen molar-refractivity contribution in [2.24, 2.45) is 0 Å². The highest BCUT2D eigenvalue weighted by atomic mass is 32.2. The maximum atomic E-state index is 12.1. The first kappa shape index (κ1) is 19.0. The third-order valence-corrected chi connectivity index (χ3v) is 5.02. The molecule has 0 saturated heterocycles. The molecule has 2 aromatic rings. The summed E-state index contributed by atoms with van der Waals surface area (Å²) in [6.07, 6.45) is 1.16. The first-order valence-corrected chi connectivity index (χ1v) is 9.85. The van der Waals surface area contributed by atoms with E-state index in [1.165, 1.54) is 0 Å². The molecule has 134 valence electrons. The summed E-state index contributed by atoms with van der Waals surface area (Å²) in [7, 11) is -3.22. The van der Waals surface area contributed by atoms with Crippen LogP contribution in [0.1, 0.15) is 29.7 Å². The quantitative estimate of drug-likeness (QED) is 0.858. The summed E-state index contributed by atoms with van der Waals surface area (Å²) in [6.45, 7) is 5.66. The van der Waals surface area contributed by atoms with Gasteiger partial charge in [-0.05, 0) is 55.7 Å². The lowest BCUT2D eigenvalue weighted by Gasteiger charge is -2.16. The Morgan fingerprint density at radius 2 is 1.76 bits per heavy atom. The van der Waals surface area contributed by atoms with Crippen molar-refractivity contribution in [3.05, 3.63) is 59.2 Å². The van der Waals surface area contributed by atoms with Gasteiger partial charge in [-0.25, -0.2) is 8.42 Å². The first-order chi connectivity index (χ1) is 11.7. The van der Waals surface area contributed by atoms with Crippen LogP contribution in [-0.2, 0) is 14.6 Å². The molecule has 1 unspecified atom stereocenters. The SMILES string of the molecule is Cc1ccc(C)c(OCC(=O)NC(C)c2ccc(S(C)(=O)=O)cc2)c1. The summed E-state index contributed by atoms with van der Waals surface area (Å²) in [5.74, 6) is 0.459. The molecule has 0 bridgehead atoms. The minimum Gasteiger partial charge on any atom is -0.483 e. The number of benzene rings is 2. The topological polar surface area (TPSA) is 72.5 Å². The molecule has 25 heavy (non-hydrogen) atoms.